The fourth-order valence-electron chi connectivity index (χ4n) is 7.18. The summed E-state index contributed by atoms with van der Waals surface area (Å²) in [4.78, 5) is 20.6. The van der Waals surface area contributed by atoms with Crippen molar-refractivity contribution in [2.45, 2.75) is 45.1 Å². The van der Waals surface area contributed by atoms with Crippen LogP contribution in [-0.2, 0) is 11.3 Å². The van der Waals surface area contributed by atoms with Gasteiger partial charge in [0.2, 0.25) is 5.91 Å². The van der Waals surface area contributed by atoms with Gasteiger partial charge in [0.1, 0.15) is 0 Å². The molecule has 0 aromatic heterocycles. The minimum atomic E-state index is 0.0118. The molecule has 1 aromatic rings. The summed E-state index contributed by atoms with van der Waals surface area (Å²) in [5.41, 5.74) is 1.42. The lowest BCUT2D eigenvalue weighted by Crippen LogP contribution is -2.55. The van der Waals surface area contributed by atoms with Crippen LogP contribution < -0.4 is 0 Å². The number of carbonyl (C=O) groups excluding carboxylic acids is 1. The number of likely N-dealkylation sites (N-methyl/N-ethyl adjacent to an activating group) is 1. The summed E-state index contributed by atoms with van der Waals surface area (Å²) in [6, 6.07) is 10.8. The lowest BCUT2D eigenvalue weighted by Gasteiger charge is -2.56. The van der Waals surface area contributed by atoms with Gasteiger partial charge in [0.15, 0.2) is 0 Å². The Bertz CT molecular complexity index is 675. The smallest absolute Gasteiger partial charge is 0.228 e. The van der Waals surface area contributed by atoms with Crippen molar-refractivity contribution in [1.82, 2.24) is 14.7 Å². The third-order valence-electron chi connectivity index (χ3n) is 8.30. The molecule has 0 N–H and O–H groups in total. The van der Waals surface area contributed by atoms with Crippen molar-refractivity contribution in [2.24, 2.45) is 23.2 Å². The molecular weight excluding hydrogens is 358 g/mol. The third-order valence-corrected chi connectivity index (χ3v) is 8.30. The molecule has 158 valence electrons. The van der Waals surface area contributed by atoms with E-state index in [4.69, 9.17) is 0 Å². The number of amides is 1. The lowest BCUT2D eigenvalue weighted by atomic mass is 9.49. The van der Waals surface area contributed by atoms with Crippen molar-refractivity contribution in [3.05, 3.63) is 35.9 Å². The number of nitrogens with zero attached hydrogens (tertiary/aromatic N) is 3. The highest BCUT2D eigenvalue weighted by Gasteiger charge is 2.55. The van der Waals surface area contributed by atoms with Crippen LogP contribution in [-0.4, -0.2) is 66.9 Å². The van der Waals surface area contributed by atoms with Gasteiger partial charge in [0, 0.05) is 52.9 Å². The number of hydrogen-bond donors (Lipinski definition) is 0. The number of benzene rings is 1. The van der Waals surface area contributed by atoms with Crippen molar-refractivity contribution in [3.63, 3.8) is 0 Å². The van der Waals surface area contributed by atoms with Gasteiger partial charge < -0.3 is 4.90 Å². The van der Waals surface area contributed by atoms with E-state index in [2.05, 4.69) is 52.1 Å². The van der Waals surface area contributed by atoms with Crippen LogP contribution in [0.1, 0.15) is 44.1 Å². The van der Waals surface area contributed by atoms with Crippen LogP contribution in [0.4, 0.5) is 0 Å². The van der Waals surface area contributed by atoms with Crippen LogP contribution in [0.15, 0.2) is 30.3 Å². The molecule has 4 heteroatoms. The monoisotopic (exact) mass is 395 g/mol. The van der Waals surface area contributed by atoms with Crippen LogP contribution in [0.3, 0.4) is 0 Å². The molecule has 1 saturated heterocycles. The van der Waals surface area contributed by atoms with E-state index in [9.17, 15) is 4.79 Å². The largest absolute Gasteiger partial charge is 0.344 e. The Morgan fingerprint density at radius 3 is 2.07 bits per heavy atom. The van der Waals surface area contributed by atoms with E-state index in [0.29, 0.717) is 5.91 Å². The molecule has 6 rings (SSSR count). The zero-order chi connectivity index (χ0) is 19.8. The van der Waals surface area contributed by atoms with E-state index in [1.165, 1.54) is 44.1 Å². The van der Waals surface area contributed by atoms with Gasteiger partial charge in [-0.1, -0.05) is 30.3 Å². The van der Waals surface area contributed by atoms with Crippen LogP contribution >= 0.6 is 0 Å². The standard InChI is InChI=1S/C25H37N3O/c1-26(24(29)25-16-21-13-22(17-25)15-23(14-21)18-25)7-8-27-9-11-28(12-10-27)19-20-5-3-2-4-6-20/h2-6,21-23H,7-19H2,1H3. The van der Waals surface area contributed by atoms with Crippen LogP contribution in [0, 0.1) is 23.2 Å². The van der Waals surface area contributed by atoms with E-state index in [1.807, 2.05) is 0 Å². The molecule has 1 amide bonds. The van der Waals surface area contributed by atoms with E-state index in [1.54, 1.807) is 0 Å². The van der Waals surface area contributed by atoms with Gasteiger partial charge in [-0.3, -0.25) is 14.6 Å². The Labute approximate surface area is 176 Å². The first-order valence-electron chi connectivity index (χ1n) is 11.8. The van der Waals surface area contributed by atoms with Crippen molar-refractivity contribution in [2.75, 3.05) is 46.3 Å². The molecular formula is C25H37N3O. The fraction of sp³-hybridized carbons (Fsp3) is 0.720. The Hall–Kier alpha value is -1.39. The van der Waals surface area contributed by atoms with Gasteiger partial charge in [-0.2, -0.15) is 0 Å². The summed E-state index contributed by atoms with van der Waals surface area (Å²) in [6.45, 7) is 7.45. The highest BCUT2D eigenvalue weighted by atomic mass is 16.2. The SMILES string of the molecule is CN(CCN1CCN(Cc2ccccc2)CC1)C(=O)C12CC3CC(CC(C3)C1)C2. The number of rotatable bonds is 6. The molecule has 0 spiro atoms. The molecule has 0 atom stereocenters. The fourth-order valence-corrected chi connectivity index (χ4v) is 7.18. The molecule has 5 fully saturated rings. The summed E-state index contributed by atoms with van der Waals surface area (Å²) >= 11 is 0. The van der Waals surface area contributed by atoms with Crippen LogP contribution in [0.2, 0.25) is 0 Å². The molecule has 5 aliphatic rings. The number of carbonyl (C=O) groups is 1. The molecule has 1 heterocycles. The van der Waals surface area contributed by atoms with Gasteiger partial charge in [-0.05, 0) is 61.8 Å². The Morgan fingerprint density at radius 2 is 1.48 bits per heavy atom. The maximum atomic E-state index is 13.4. The molecule has 1 aromatic carbocycles. The lowest BCUT2D eigenvalue weighted by molar-refractivity contribution is -0.156. The van der Waals surface area contributed by atoms with Gasteiger partial charge in [-0.25, -0.2) is 0 Å². The van der Waals surface area contributed by atoms with E-state index in [-0.39, 0.29) is 5.41 Å². The first-order chi connectivity index (χ1) is 14.1. The Morgan fingerprint density at radius 1 is 0.931 bits per heavy atom. The average molecular weight is 396 g/mol. The molecule has 1 aliphatic heterocycles. The van der Waals surface area contributed by atoms with Crippen LogP contribution in [0.25, 0.3) is 0 Å². The van der Waals surface area contributed by atoms with Crippen LogP contribution in [0.5, 0.6) is 0 Å². The molecule has 0 unspecified atom stereocenters. The van der Waals surface area contributed by atoms with Crippen molar-refractivity contribution in [3.8, 4) is 0 Å². The van der Waals surface area contributed by atoms with Crippen molar-refractivity contribution in [1.29, 1.82) is 0 Å². The molecule has 4 aliphatic carbocycles. The molecule has 4 nitrogen and oxygen atoms in total. The second-order valence-electron chi connectivity index (χ2n) is 10.5. The highest BCUT2D eigenvalue weighted by molar-refractivity contribution is 5.83. The van der Waals surface area contributed by atoms with Crippen molar-refractivity contribution >= 4 is 5.91 Å². The number of hydrogen-bond acceptors (Lipinski definition) is 3. The molecule has 0 radical (unpaired) electrons. The molecule has 4 saturated carbocycles. The normalized spacial score (nSPS) is 34.4. The summed E-state index contributed by atoms with van der Waals surface area (Å²) < 4.78 is 0. The second-order valence-corrected chi connectivity index (χ2v) is 10.5. The summed E-state index contributed by atoms with van der Waals surface area (Å²) in [5, 5.41) is 0. The molecule has 29 heavy (non-hydrogen) atoms. The minimum Gasteiger partial charge on any atom is -0.344 e. The van der Waals surface area contributed by atoms with E-state index < -0.39 is 0 Å². The maximum absolute atomic E-state index is 13.4. The minimum absolute atomic E-state index is 0.0118. The van der Waals surface area contributed by atoms with Crippen molar-refractivity contribution < 1.29 is 4.79 Å². The molecule has 4 bridgehead atoms. The second kappa shape index (κ2) is 8.03. The van der Waals surface area contributed by atoms with Gasteiger partial charge in [0.05, 0.1) is 5.41 Å². The van der Waals surface area contributed by atoms with E-state index >= 15 is 0 Å². The predicted molar refractivity (Wildman–Crippen MR) is 116 cm³/mol. The summed E-state index contributed by atoms with van der Waals surface area (Å²) in [7, 11) is 2.06. The summed E-state index contributed by atoms with van der Waals surface area (Å²) in [5.74, 6) is 3.00. The average Bonchev–Trinajstić information content (AvgIpc) is 2.72. The van der Waals surface area contributed by atoms with E-state index in [0.717, 1.165) is 63.6 Å². The highest BCUT2D eigenvalue weighted by Crippen LogP contribution is 2.60. The third kappa shape index (κ3) is 4.11. The summed E-state index contributed by atoms with van der Waals surface area (Å²) in [6.07, 6.45) is 7.76. The zero-order valence-electron chi connectivity index (χ0n) is 18.1. The zero-order valence-corrected chi connectivity index (χ0v) is 18.1. The number of piperazine rings is 1. The maximum Gasteiger partial charge on any atom is 0.228 e. The first-order valence-corrected chi connectivity index (χ1v) is 11.8. The predicted octanol–water partition coefficient (Wildman–Crippen LogP) is 3.48. The van der Waals surface area contributed by atoms with Gasteiger partial charge >= 0.3 is 0 Å². The quantitative estimate of drug-likeness (QED) is 0.738. The van der Waals surface area contributed by atoms with Gasteiger partial charge in [0.25, 0.3) is 0 Å². The first kappa shape index (κ1) is 19.6. The Balaban J connectivity index is 1.08. The van der Waals surface area contributed by atoms with Gasteiger partial charge in [-0.15, -0.1) is 0 Å². The Kier molecular flexibility index (Phi) is 5.42. The topological polar surface area (TPSA) is 26.8 Å².